The van der Waals surface area contributed by atoms with E-state index in [0.717, 1.165) is 17.9 Å². The molecular formula is C11H14N2O2S. The standard InChI is InChI=1S/C11H14N2O2S/c1-14-4-3-12-7-11-13-6-10(15-11)9-2-5-16-8-9/h2,5-6,8,12H,3-4,7H2,1H3. The molecule has 2 heterocycles. The van der Waals surface area contributed by atoms with Crippen LogP contribution in [0.15, 0.2) is 27.4 Å². The van der Waals surface area contributed by atoms with Gasteiger partial charge in [0.15, 0.2) is 5.76 Å². The Kier molecular flexibility index (Phi) is 4.10. The van der Waals surface area contributed by atoms with Crippen LogP contribution in [-0.2, 0) is 11.3 Å². The summed E-state index contributed by atoms with van der Waals surface area (Å²) < 4.78 is 10.5. The molecule has 0 aliphatic carbocycles. The first kappa shape index (κ1) is 11.3. The van der Waals surface area contributed by atoms with E-state index >= 15 is 0 Å². The third-order valence-corrected chi connectivity index (χ3v) is 2.80. The van der Waals surface area contributed by atoms with E-state index in [-0.39, 0.29) is 0 Å². The van der Waals surface area contributed by atoms with Crippen molar-refractivity contribution in [2.45, 2.75) is 6.54 Å². The van der Waals surface area contributed by atoms with Crippen molar-refractivity contribution in [2.75, 3.05) is 20.3 Å². The largest absolute Gasteiger partial charge is 0.439 e. The number of hydrogen-bond acceptors (Lipinski definition) is 5. The highest BCUT2D eigenvalue weighted by Gasteiger charge is 2.05. The van der Waals surface area contributed by atoms with Crippen molar-refractivity contribution < 1.29 is 9.15 Å². The Bertz CT molecular complexity index is 411. The van der Waals surface area contributed by atoms with Crippen LogP contribution in [-0.4, -0.2) is 25.2 Å². The zero-order chi connectivity index (χ0) is 11.2. The highest BCUT2D eigenvalue weighted by Crippen LogP contribution is 2.22. The fraction of sp³-hybridized carbons (Fsp3) is 0.364. The lowest BCUT2D eigenvalue weighted by Gasteiger charge is -1.99. The molecule has 0 fully saturated rings. The molecule has 0 aromatic carbocycles. The van der Waals surface area contributed by atoms with E-state index in [1.165, 1.54) is 0 Å². The summed E-state index contributed by atoms with van der Waals surface area (Å²) in [7, 11) is 1.68. The van der Waals surface area contributed by atoms with Crippen LogP contribution in [0.5, 0.6) is 0 Å². The monoisotopic (exact) mass is 238 g/mol. The number of methoxy groups -OCH3 is 1. The number of rotatable bonds is 6. The zero-order valence-corrected chi connectivity index (χ0v) is 9.92. The van der Waals surface area contributed by atoms with Gasteiger partial charge in [-0.05, 0) is 11.4 Å². The summed E-state index contributed by atoms with van der Waals surface area (Å²) in [6.45, 7) is 2.12. The molecule has 4 nitrogen and oxygen atoms in total. The van der Waals surface area contributed by atoms with Crippen molar-refractivity contribution >= 4 is 11.3 Å². The van der Waals surface area contributed by atoms with Gasteiger partial charge in [0.25, 0.3) is 0 Å². The number of oxazole rings is 1. The maximum atomic E-state index is 5.60. The predicted octanol–water partition coefficient (Wildman–Crippen LogP) is 2.14. The summed E-state index contributed by atoms with van der Waals surface area (Å²) >= 11 is 1.65. The summed E-state index contributed by atoms with van der Waals surface area (Å²) in [5, 5.41) is 7.25. The lowest BCUT2D eigenvalue weighted by molar-refractivity contribution is 0.198. The Morgan fingerprint density at radius 3 is 3.25 bits per heavy atom. The molecule has 0 amide bonds. The van der Waals surface area contributed by atoms with Crippen LogP contribution in [0, 0.1) is 0 Å². The number of thiophene rings is 1. The van der Waals surface area contributed by atoms with E-state index in [1.54, 1.807) is 24.6 Å². The average Bonchev–Trinajstić information content (AvgIpc) is 2.94. The maximum absolute atomic E-state index is 5.60. The zero-order valence-electron chi connectivity index (χ0n) is 9.10. The van der Waals surface area contributed by atoms with Crippen molar-refractivity contribution in [2.24, 2.45) is 0 Å². The molecule has 0 radical (unpaired) electrons. The molecule has 0 aliphatic rings. The van der Waals surface area contributed by atoms with Crippen LogP contribution in [0.25, 0.3) is 11.3 Å². The fourth-order valence-electron chi connectivity index (χ4n) is 1.30. The van der Waals surface area contributed by atoms with Gasteiger partial charge in [0.05, 0.1) is 19.3 Å². The van der Waals surface area contributed by atoms with E-state index in [2.05, 4.69) is 10.3 Å². The van der Waals surface area contributed by atoms with Crippen LogP contribution in [0.2, 0.25) is 0 Å². The van der Waals surface area contributed by atoms with Gasteiger partial charge in [0.1, 0.15) is 0 Å². The number of hydrogen-bond donors (Lipinski definition) is 1. The molecule has 1 N–H and O–H groups in total. The van der Waals surface area contributed by atoms with E-state index < -0.39 is 0 Å². The number of nitrogens with one attached hydrogen (secondary N) is 1. The minimum Gasteiger partial charge on any atom is -0.439 e. The quantitative estimate of drug-likeness (QED) is 0.783. The van der Waals surface area contributed by atoms with Crippen LogP contribution in [0.3, 0.4) is 0 Å². The minimum absolute atomic E-state index is 0.632. The fourth-order valence-corrected chi connectivity index (χ4v) is 1.94. The van der Waals surface area contributed by atoms with E-state index in [4.69, 9.17) is 9.15 Å². The summed E-state index contributed by atoms with van der Waals surface area (Å²) in [6.07, 6.45) is 1.76. The van der Waals surface area contributed by atoms with E-state index in [9.17, 15) is 0 Å². The molecule has 2 rings (SSSR count). The maximum Gasteiger partial charge on any atom is 0.208 e. The van der Waals surface area contributed by atoms with Crippen molar-refractivity contribution in [1.82, 2.24) is 10.3 Å². The topological polar surface area (TPSA) is 47.3 Å². The van der Waals surface area contributed by atoms with Gasteiger partial charge >= 0.3 is 0 Å². The third kappa shape index (κ3) is 2.91. The lowest BCUT2D eigenvalue weighted by atomic mass is 10.3. The van der Waals surface area contributed by atoms with Crippen molar-refractivity contribution in [1.29, 1.82) is 0 Å². The summed E-state index contributed by atoms with van der Waals surface area (Å²) in [5.74, 6) is 1.53. The SMILES string of the molecule is COCCNCc1ncc(-c2ccsc2)o1. The van der Waals surface area contributed by atoms with Crippen LogP contribution in [0.4, 0.5) is 0 Å². The Balaban J connectivity index is 1.88. The summed E-state index contributed by atoms with van der Waals surface area (Å²) in [5.41, 5.74) is 1.08. The molecule has 0 aliphatic heterocycles. The molecule has 0 unspecified atom stereocenters. The molecule has 2 aromatic heterocycles. The second kappa shape index (κ2) is 5.79. The lowest BCUT2D eigenvalue weighted by Crippen LogP contribution is -2.18. The van der Waals surface area contributed by atoms with E-state index in [0.29, 0.717) is 19.0 Å². The van der Waals surface area contributed by atoms with Gasteiger partial charge in [-0.3, -0.25) is 0 Å². The van der Waals surface area contributed by atoms with E-state index in [1.807, 2.05) is 16.8 Å². The van der Waals surface area contributed by atoms with Crippen LogP contribution >= 0.6 is 11.3 Å². The normalized spacial score (nSPS) is 10.8. The van der Waals surface area contributed by atoms with Gasteiger partial charge in [0.2, 0.25) is 5.89 Å². The minimum atomic E-state index is 0.632. The highest BCUT2D eigenvalue weighted by molar-refractivity contribution is 7.08. The van der Waals surface area contributed by atoms with Gasteiger partial charge in [-0.2, -0.15) is 11.3 Å². The molecule has 0 spiro atoms. The van der Waals surface area contributed by atoms with Gasteiger partial charge < -0.3 is 14.5 Å². The summed E-state index contributed by atoms with van der Waals surface area (Å²) in [4.78, 5) is 4.20. The molecule has 0 saturated heterocycles. The van der Waals surface area contributed by atoms with Crippen molar-refractivity contribution in [3.63, 3.8) is 0 Å². The van der Waals surface area contributed by atoms with Crippen LogP contribution < -0.4 is 5.32 Å². The highest BCUT2D eigenvalue weighted by atomic mass is 32.1. The third-order valence-electron chi connectivity index (χ3n) is 2.12. The second-order valence-electron chi connectivity index (χ2n) is 3.30. The molecule has 5 heteroatoms. The first-order valence-electron chi connectivity index (χ1n) is 5.07. The molecule has 2 aromatic rings. The molecule has 0 saturated carbocycles. The molecule has 16 heavy (non-hydrogen) atoms. The molecule has 86 valence electrons. The van der Waals surface area contributed by atoms with Gasteiger partial charge in [-0.25, -0.2) is 4.98 Å². The first-order chi connectivity index (χ1) is 7.90. The second-order valence-corrected chi connectivity index (χ2v) is 4.08. The Hall–Kier alpha value is -1.17. The smallest absolute Gasteiger partial charge is 0.208 e. The van der Waals surface area contributed by atoms with Crippen LogP contribution in [0.1, 0.15) is 5.89 Å². The Morgan fingerprint density at radius 1 is 1.56 bits per heavy atom. The van der Waals surface area contributed by atoms with Crippen molar-refractivity contribution in [3.8, 4) is 11.3 Å². The average molecular weight is 238 g/mol. The van der Waals surface area contributed by atoms with Gasteiger partial charge in [0, 0.05) is 24.6 Å². The predicted molar refractivity (Wildman–Crippen MR) is 63.4 cm³/mol. The Morgan fingerprint density at radius 2 is 2.50 bits per heavy atom. The summed E-state index contributed by atoms with van der Waals surface area (Å²) in [6, 6.07) is 2.02. The van der Waals surface area contributed by atoms with Gasteiger partial charge in [-0.1, -0.05) is 0 Å². The molecular weight excluding hydrogens is 224 g/mol. The first-order valence-corrected chi connectivity index (χ1v) is 6.01. The Labute approximate surface area is 98.3 Å². The van der Waals surface area contributed by atoms with Crippen molar-refractivity contribution in [3.05, 3.63) is 28.9 Å². The number of ether oxygens (including phenoxy) is 1. The van der Waals surface area contributed by atoms with Gasteiger partial charge in [-0.15, -0.1) is 0 Å². The number of aromatic nitrogens is 1. The molecule has 0 bridgehead atoms. The number of nitrogens with zero attached hydrogens (tertiary/aromatic N) is 1. The molecule has 0 atom stereocenters.